The molecule has 0 bridgehead atoms. The third-order valence-corrected chi connectivity index (χ3v) is 3.65. The van der Waals surface area contributed by atoms with Gasteiger partial charge in [-0.05, 0) is 58.5 Å². The molecule has 0 unspecified atom stereocenters. The first-order chi connectivity index (χ1) is 10.1. The Labute approximate surface area is 137 Å². The molecule has 21 heavy (non-hydrogen) atoms. The lowest BCUT2D eigenvalue weighted by molar-refractivity contribution is 0.0946. The Morgan fingerprint density at radius 2 is 1.71 bits per heavy atom. The van der Waals surface area contributed by atoms with Crippen LogP contribution in [0, 0.1) is 3.57 Å². The summed E-state index contributed by atoms with van der Waals surface area (Å²) in [6.07, 6.45) is 0. The summed E-state index contributed by atoms with van der Waals surface area (Å²) in [6.45, 7) is 0.429. The molecule has 0 aromatic heterocycles. The third kappa shape index (κ3) is 4.29. The van der Waals surface area contributed by atoms with Crippen LogP contribution in [-0.4, -0.2) is 18.9 Å². The largest absolute Gasteiger partial charge is 0.355 e. The molecule has 108 valence electrons. The summed E-state index contributed by atoms with van der Waals surface area (Å²) in [7, 11) is 1.59. The Kier molecular flexibility index (Phi) is 5.32. The van der Waals surface area contributed by atoms with E-state index >= 15 is 0 Å². The zero-order chi connectivity index (χ0) is 15.2. The maximum absolute atomic E-state index is 12.0. The van der Waals surface area contributed by atoms with Crippen LogP contribution in [0.2, 0.25) is 0 Å². The second-order valence-electron chi connectivity index (χ2n) is 4.47. The molecule has 0 aliphatic heterocycles. The van der Waals surface area contributed by atoms with Gasteiger partial charge < -0.3 is 10.6 Å². The van der Waals surface area contributed by atoms with Gasteiger partial charge in [-0.15, -0.1) is 0 Å². The second kappa shape index (κ2) is 7.21. The van der Waals surface area contributed by atoms with Crippen LogP contribution in [0.3, 0.4) is 0 Å². The van der Waals surface area contributed by atoms with E-state index < -0.39 is 0 Å². The van der Waals surface area contributed by atoms with E-state index in [4.69, 9.17) is 0 Å². The van der Waals surface area contributed by atoms with Crippen molar-refractivity contribution < 1.29 is 9.59 Å². The van der Waals surface area contributed by atoms with Crippen molar-refractivity contribution in [1.82, 2.24) is 10.6 Å². The highest BCUT2D eigenvalue weighted by Crippen LogP contribution is 2.08. The number of halogens is 1. The van der Waals surface area contributed by atoms with Crippen LogP contribution >= 0.6 is 22.6 Å². The highest BCUT2D eigenvalue weighted by Gasteiger charge is 2.06. The van der Waals surface area contributed by atoms with E-state index in [1.807, 2.05) is 30.3 Å². The number of hydrogen-bond donors (Lipinski definition) is 2. The van der Waals surface area contributed by atoms with Crippen molar-refractivity contribution >= 4 is 34.4 Å². The predicted molar refractivity (Wildman–Crippen MR) is 90.2 cm³/mol. The van der Waals surface area contributed by atoms with E-state index in [-0.39, 0.29) is 11.8 Å². The summed E-state index contributed by atoms with van der Waals surface area (Å²) in [5.41, 5.74) is 2.19. The normalized spacial score (nSPS) is 10.0. The van der Waals surface area contributed by atoms with Gasteiger partial charge in [-0.1, -0.05) is 18.2 Å². The summed E-state index contributed by atoms with van der Waals surface area (Å²) in [4.78, 5) is 23.4. The Hall–Kier alpha value is -1.89. The molecule has 2 aromatic rings. The molecule has 2 aromatic carbocycles. The van der Waals surface area contributed by atoms with Crippen molar-refractivity contribution in [2.24, 2.45) is 0 Å². The molecular weight excluding hydrogens is 379 g/mol. The van der Waals surface area contributed by atoms with Gasteiger partial charge in [0.1, 0.15) is 0 Å². The minimum Gasteiger partial charge on any atom is -0.355 e. The van der Waals surface area contributed by atoms with E-state index in [2.05, 4.69) is 33.2 Å². The van der Waals surface area contributed by atoms with Crippen molar-refractivity contribution in [1.29, 1.82) is 0 Å². The fourth-order valence-corrected chi connectivity index (χ4v) is 2.38. The Morgan fingerprint density at radius 3 is 2.33 bits per heavy atom. The van der Waals surface area contributed by atoms with Crippen LogP contribution < -0.4 is 10.6 Å². The molecule has 0 aliphatic carbocycles. The van der Waals surface area contributed by atoms with Crippen LogP contribution in [0.25, 0.3) is 0 Å². The lowest BCUT2D eigenvalue weighted by Gasteiger charge is -2.07. The minimum atomic E-state index is -0.121. The van der Waals surface area contributed by atoms with E-state index in [9.17, 15) is 9.59 Å². The van der Waals surface area contributed by atoms with Crippen molar-refractivity contribution in [3.63, 3.8) is 0 Å². The van der Waals surface area contributed by atoms with Crippen LogP contribution in [-0.2, 0) is 6.54 Å². The van der Waals surface area contributed by atoms with E-state index in [0.717, 1.165) is 9.13 Å². The minimum absolute atomic E-state index is 0.108. The number of nitrogens with one attached hydrogen (secondary N) is 2. The van der Waals surface area contributed by atoms with Gasteiger partial charge in [-0.2, -0.15) is 0 Å². The van der Waals surface area contributed by atoms with Crippen LogP contribution in [0.1, 0.15) is 26.3 Å². The molecule has 0 fully saturated rings. The summed E-state index contributed by atoms with van der Waals surface area (Å²) >= 11 is 2.17. The molecule has 0 spiro atoms. The first-order valence-electron chi connectivity index (χ1n) is 6.45. The number of carbonyl (C=O) groups excluding carboxylic acids is 2. The Balaban J connectivity index is 1.97. The number of carbonyl (C=O) groups is 2. The van der Waals surface area contributed by atoms with E-state index in [0.29, 0.717) is 17.7 Å². The fraction of sp³-hybridized carbons (Fsp3) is 0.125. The SMILES string of the molecule is CNC(=O)c1ccc(CNC(=O)c2cccc(I)c2)cc1. The van der Waals surface area contributed by atoms with Gasteiger partial charge in [0.25, 0.3) is 11.8 Å². The molecule has 2 N–H and O–H groups in total. The summed E-state index contributed by atoms with van der Waals surface area (Å²) in [6, 6.07) is 14.6. The lowest BCUT2D eigenvalue weighted by atomic mass is 10.1. The van der Waals surface area contributed by atoms with Crippen molar-refractivity contribution in [3.05, 3.63) is 68.8 Å². The zero-order valence-corrected chi connectivity index (χ0v) is 13.7. The van der Waals surface area contributed by atoms with Gasteiger partial charge in [-0.25, -0.2) is 0 Å². The van der Waals surface area contributed by atoms with Crippen molar-refractivity contribution in [2.75, 3.05) is 7.05 Å². The molecule has 2 amide bonds. The molecule has 0 aliphatic rings. The molecule has 5 heteroatoms. The molecule has 2 rings (SSSR count). The number of rotatable bonds is 4. The molecular formula is C16H15IN2O2. The maximum atomic E-state index is 12.0. The molecule has 0 heterocycles. The van der Waals surface area contributed by atoms with E-state index in [1.54, 1.807) is 25.2 Å². The maximum Gasteiger partial charge on any atom is 0.251 e. The summed E-state index contributed by atoms with van der Waals surface area (Å²) in [5, 5.41) is 5.43. The van der Waals surface area contributed by atoms with Gasteiger partial charge in [-0.3, -0.25) is 9.59 Å². The second-order valence-corrected chi connectivity index (χ2v) is 5.71. The van der Waals surface area contributed by atoms with Crippen molar-refractivity contribution in [2.45, 2.75) is 6.54 Å². The van der Waals surface area contributed by atoms with E-state index in [1.165, 1.54) is 0 Å². The van der Waals surface area contributed by atoms with Gasteiger partial charge >= 0.3 is 0 Å². The van der Waals surface area contributed by atoms with Gasteiger partial charge in [0, 0.05) is 28.3 Å². The smallest absolute Gasteiger partial charge is 0.251 e. The summed E-state index contributed by atoms with van der Waals surface area (Å²) in [5.74, 6) is -0.228. The van der Waals surface area contributed by atoms with Gasteiger partial charge in [0.05, 0.1) is 0 Å². The highest BCUT2D eigenvalue weighted by atomic mass is 127. The number of benzene rings is 2. The fourth-order valence-electron chi connectivity index (χ4n) is 1.83. The zero-order valence-electron chi connectivity index (χ0n) is 11.5. The van der Waals surface area contributed by atoms with Crippen molar-refractivity contribution in [3.8, 4) is 0 Å². The number of amides is 2. The third-order valence-electron chi connectivity index (χ3n) is 2.98. The van der Waals surface area contributed by atoms with Gasteiger partial charge in [0.15, 0.2) is 0 Å². The molecule has 0 atom stereocenters. The topological polar surface area (TPSA) is 58.2 Å². The van der Waals surface area contributed by atoms with Gasteiger partial charge in [0.2, 0.25) is 0 Å². The average Bonchev–Trinajstić information content (AvgIpc) is 2.52. The van der Waals surface area contributed by atoms with Crippen LogP contribution in [0.4, 0.5) is 0 Å². The predicted octanol–water partition coefficient (Wildman–Crippen LogP) is 2.58. The average molecular weight is 394 g/mol. The van der Waals surface area contributed by atoms with Crippen LogP contribution in [0.15, 0.2) is 48.5 Å². The monoisotopic (exact) mass is 394 g/mol. The standard InChI is InChI=1S/C16H15IN2O2/c1-18-15(20)12-7-5-11(6-8-12)10-19-16(21)13-3-2-4-14(17)9-13/h2-9H,10H2,1H3,(H,18,20)(H,19,21). The summed E-state index contributed by atoms with van der Waals surface area (Å²) < 4.78 is 1.02. The van der Waals surface area contributed by atoms with Crippen LogP contribution in [0.5, 0.6) is 0 Å². The Bertz CT molecular complexity index is 654. The molecule has 4 nitrogen and oxygen atoms in total. The highest BCUT2D eigenvalue weighted by molar-refractivity contribution is 14.1. The quantitative estimate of drug-likeness (QED) is 0.784. The first-order valence-corrected chi connectivity index (χ1v) is 7.53. The molecule has 0 radical (unpaired) electrons. The lowest BCUT2D eigenvalue weighted by Crippen LogP contribution is -2.23. The Morgan fingerprint density at radius 1 is 1.00 bits per heavy atom. The molecule has 0 saturated heterocycles. The molecule has 0 saturated carbocycles. The number of hydrogen-bond acceptors (Lipinski definition) is 2. The first kappa shape index (κ1) is 15.5.